The highest BCUT2D eigenvalue weighted by atomic mass is 16.4. The number of nitrogens with zero attached hydrogens (tertiary/aromatic N) is 1. The lowest BCUT2D eigenvalue weighted by Crippen LogP contribution is -2.30. The Morgan fingerprint density at radius 2 is 2.11 bits per heavy atom. The third kappa shape index (κ3) is 2.34. The summed E-state index contributed by atoms with van der Waals surface area (Å²) in [5.74, 6) is -1.21. The van der Waals surface area contributed by atoms with Crippen LogP contribution in [-0.2, 0) is 9.59 Å². The number of amides is 1. The molecular weight excluding hydrogens is 248 g/mol. The van der Waals surface area contributed by atoms with Crippen LogP contribution in [0.1, 0.15) is 38.5 Å². The van der Waals surface area contributed by atoms with E-state index in [1.165, 1.54) is 0 Å². The van der Waals surface area contributed by atoms with E-state index in [-0.39, 0.29) is 11.9 Å². The summed E-state index contributed by atoms with van der Waals surface area (Å²) in [6.07, 6.45) is 1.58. The first-order chi connectivity index (χ1) is 8.75. The lowest BCUT2D eigenvalue weighted by Gasteiger charge is -2.11. The zero-order chi connectivity index (χ0) is 14.4. The van der Waals surface area contributed by atoms with Gasteiger partial charge in [0.15, 0.2) is 0 Å². The van der Waals surface area contributed by atoms with Crippen molar-refractivity contribution in [3.63, 3.8) is 0 Å². The van der Waals surface area contributed by atoms with Gasteiger partial charge in [0, 0.05) is 0 Å². The van der Waals surface area contributed by atoms with E-state index in [9.17, 15) is 9.59 Å². The minimum atomic E-state index is -0.926. The van der Waals surface area contributed by atoms with Crippen molar-refractivity contribution in [3.05, 3.63) is 17.8 Å². The van der Waals surface area contributed by atoms with E-state index in [1.54, 1.807) is 33.9 Å². The highest BCUT2D eigenvalue weighted by Crippen LogP contribution is 2.58. The Labute approximate surface area is 111 Å². The average Bonchev–Trinajstić information content (AvgIpc) is 2.65. The van der Waals surface area contributed by atoms with Crippen molar-refractivity contribution in [1.82, 2.24) is 10.3 Å². The number of nitrogens with one attached hydrogen (secondary N) is 1. The van der Waals surface area contributed by atoms with Gasteiger partial charge in [0.25, 0.3) is 0 Å². The van der Waals surface area contributed by atoms with Gasteiger partial charge in [0.05, 0.1) is 18.0 Å². The number of carbonyl (C=O) groups is 2. The molecule has 0 bridgehead atoms. The number of aromatic nitrogens is 1. The fraction of sp³-hybridized carbons (Fsp3) is 0.615. The van der Waals surface area contributed by atoms with Crippen molar-refractivity contribution in [3.8, 4) is 0 Å². The van der Waals surface area contributed by atoms with Crippen molar-refractivity contribution < 1.29 is 19.1 Å². The van der Waals surface area contributed by atoms with E-state index in [0.29, 0.717) is 11.7 Å². The van der Waals surface area contributed by atoms with Crippen LogP contribution < -0.4 is 5.32 Å². The molecule has 1 aromatic rings. The van der Waals surface area contributed by atoms with Crippen molar-refractivity contribution in [1.29, 1.82) is 0 Å². The van der Waals surface area contributed by atoms with Crippen LogP contribution in [0, 0.1) is 24.2 Å². The molecule has 0 spiro atoms. The largest absolute Gasteiger partial charge is 0.481 e. The van der Waals surface area contributed by atoms with E-state index in [0.717, 1.165) is 0 Å². The number of rotatable bonds is 4. The molecule has 0 radical (unpaired) electrons. The van der Waals surface area contributed by atoms with Crippen LogP contribution in [0.25, 0.3) is 0 Å². The topological polar surface area (TPSA) is 92.4 Å². The fourth-order valence-electron chi connectivity index (χ4n) is 2.53. The molecule has 2 N–H and O–H groups in total. The molecule has 0 aromatic carbocycles. The second-order valence-corrected chi connectivity index (χ2v) is 5.65. The first-order valence-electron chi connectivity index (χ1n) is 6.20. The van der Waals surface area contributed by atoms with Crippen LogP contribution in [0.3, 0.4) is 0 Å². The SMILES string of the molecule is Cc1cnc(C(C)NC(=O)[C@@H]2[C@H](C(=O)O)C2(C)C)o1. The number of aryl methyl sites for hydroxylation is 1. The van der Waals surface area contributed by atoms with E-state index in [4.69, 9.17) is 9.52 Å². The summed E-state index contributed by atoms with van der Waals surface area (Å²) < 4.78 is 5.33. The van der Waals surface area contributed by atoms with Gasteiger partial charge >= 0.3 is 5.97 Å². The maximum Gasteiger partial charge on any atom is 0.307 e. The molecule has 1 aliphatic rings. The van der Waals surface area contributed by atoms with Crippen LogP contribution in [-0.4, -0.2) is 22.0 Å². The predicted octanol–water partition coefficient (Wildman–Crippen LogP) is 1.52. The first-order valence-corrected chi connectivity index (χ1v) is 6.20. The molecule has 1 aromatic heterocycles. The number of carbonyl (C=O) groups excluding carboxylic acids is 1. The predicted molar refractivity (Wildman–Crippen MR) is 66.2 cm³/mol. The zero-order valence-corrected chi connectivity index (χ0v) is 11.4. The molecule has 0 aliphatic heterocycles. The van der Waals surface area contributed by atoms with Crippen molar-refractivity contribution in [2.45, 2.75) is 33.7 Å². The quantitative estimate of drug-likeness (QED) is 0.861. The normalized spacial score (nSPS) is 25.7. The summed E-state index contributed by atoms with van der Waals surface area (Å²) in [6.45, 7) is 7.11. The monoisotopic (exact) mass is 266 g/mol. The molecule has 2 rings (SSSR count). The Bertz CT molecular complexity index is 520. The van der Waals surface area contributed by atoms with Gasteiger partial charge in [-0.3, -0.25) is 9.59 Å². The molecule has 1 fully saturated rings. The summed E-state index contributed by atoms with van der Waals surface area (Å²) in [6, 6.07) is -0.368. The van der Waals surface area contributed by atoms with Crippen LogP contribution in [0.2, 0.25) is 0 Å². The molecule has 6 nitrogen and oxygen atoms in total. The lowest BCUT2D eigenvalue weighted by atomic mass is 10.1. The van der Waals surface area contributed by atoms with Gasteiger partial charge < -0.3 is 14.8 Å². The van der Waals surface area contributed by atoms with E-state index in [1.807, 2.05) is 0 Å². The van der Waals surface area contributed by atoms with Crippen LogP contribution in [0.4, 0.5) is 0 Å². The standard InChI is InChI=1S/C13H18N2O4/c1-6-5-14-11(19-6)7(2)15-10(16)8-9(12(17)18)13(8,3)4/h5,7-9H,1-4H3,(H,15,16)(H,17,18)/t7?,8-,9+/m0/s1. The first kappa shape index (κ1) is 13.6. The molecule has 1 amide bonds. The van der Waals surface area contributed by atoms with Gasteiger partial charge in [-0.1, -0.05) is 13.8 Å². The summed E-state index contributed by atoms with van der Waals surface area (Å²) in [5.41, 5.74) is -0.498. The molecule has 1 unspecified atom stereocenters. The van der Waals surface area contributed by atoms with Gasteiger partial charge in [-0.25, -0.2) is 4.98 Å². The molecule has 1 saturated carbocycles. The average molecular weight is 266 g/mol. The third-order valence-electron chi connectivity index (χ3n) is 3.74. The Morgan fingerprint density at radius 1 is 1.47 bits per heavy atom. The number of carboxylic acids is 1. The number of aliphatic carboxylic acids is 1. The van der Waals surface area contributed by atoms with Crippen molar-refractivity contribution in [2.24, 2.45) is 17.3 Å². The van der Waals surface area contributed by atoms with Gasteiger partial charge in [-0.05, 0) is 19.3 Å². The maximum atomic E-state index is 12.1. The number of carboxylic acid groups (broad SMARTS) is 1. The summed E-state index contributed by atoms with van der Waals surface area (Å²) >= 11 is 0. The Hall–Kier alpha value is -1.85. The summed E-state index contributed by atoms with van der Waals surface area (Å²) in [5, 5.41) is 11.8. The minimum Gasteiger partial charge on any atom is -0.481 e. The van der Waals surface area contributed by atoms with Crippen LogP contribution in [0.15, 0.2) is 10.6 Å². The second kappa shape index (κ2) is 4.36. The second-order valence-electron chi connectivity index (χ2n) is 5.65. The molecule has 1 aliphatic carbocycles. The zero-order valence-electron chi connectivity index (χ0n) is 11.4. The highest BCUT2D eigenvalue weighted by Gasteiger charge is 2.66. The van der Waals surface area contributed by atoms with Gasteiger partial charge in [-0.2, -0.15) is 0 Å². The summed E-state index contributed by atoms with van der Waals surface area (Å²) in [4.78, 5) is 27.2. The maximum absolute atomic E-state index is 12.1. The number of hydrogen-bond donors (Lipinski definition) is 2. The molecule has 104 valence electrons. The fourth-order valence-corrected chi connectivity index (χ4v) is 2.53. The van der Waals surface area contributed by atoms with Crippen molar-refractivity contribution >= 4 is 11.9 Å². The molecule has 6 heteroatoms. The van der Waals surface area contributed by atoms with Gasteiger partial charge in [0.2, 0.25) is 11.8 Å². The Morgan fingerprint density at radius 3 is 2.53 bits per heavy atom. The molecular formula is C13H18N2O4. The van der Waals surface area contributed by atoms with Crippen LogP contribution in [0.5, 0.6) is 0 Å². The highest BCUT2D eigenvalue weighted by molar-refractivity contribution is 5.91. The number of hydrogen-bond acceptors (Lipinski definition) is 4. The Kier molecular flexibility index (Phi) is 3.12. The molecule has 1 heterocycles. The molecule has 19 heavy (non-hydrogen) atoms. The summed E-state index contributed by atoms with van der Waals surface area (Å²) in [7, 11) is 0. The smallest absolute Gasteiger partial charge is 0.307 e. The number of oxazole rings is 1. The van der Waals surface area contributed by atoms with Crippen molar-refractivity contribution in [2.75, 3.05) is 0 Å². The van der Waals surface area contributed by atoms with E-state index >= 15 is 0 Å². The third-order valence-corrected chi connectivity index (χ3v) is 3.74. The van der Waals surface area contributed by atoms with Gasteiger partial charge in [-0.15, -0.1) is 0 Å². The molecule has 3 atom stereocenters. The molecule has 0 saturated heterocycles. The Balaban J connectivity index is 2.01. The van der Waals surface area contributed by atoms with Crippen LogP contribution >= 0.6 is 0 Å². The van der Waals surface area contributed by atoms with Gasteiger partial charge in [0.1, 0.15) is 11.8 Å². The van der Waals surface area contributed by atoms with E-state index in [2.05, 4.69) is 10.3 Å². The van der Waals surface area contributed by atoms with E-state index < -0.39 is 23.2 Å². The lowest BCUT2D eigenvalue weighted by molar-refractivity contribution is -0.140. The minimum absolute atomic E-state index is 0.263.